The molecule has 0 atom stereocenters. The number of carbonyl (C=O) groups is 1. The highest BCUT2D eigenvalue weighted by Crippen LogP contribution is 2.16. The minimum atomic E-state index is -3.60. The molecular formula is C14H21NO4S. The Labute approximate surface area is 120 Å². The van der Waals surface area contributed by atoms with Gasteiger partial charge in [0.2, 0.25) is 10.0 Å². The second kappa shape index (κ2) is 6.85. The number of aryl methyl sites for hydroxylation is 2. The molecule has 5 nitrogen and oxygen atoms in total. The fourth-order valence-corrected chi connectivity index (χ4v) is 3.04. The van der Waals surface area contributed by atoms with E-state index in [0.29, 0.717) is 5.56 Å². The predicted molar refractivity (Wildman–Crippen MR) is 76.9 cm³/mol. The van der Waals surface area contributed by atoms with Crippen LogP contribution in [-0.2, 0) is 19.6 Å². The van der Waals surface area contributed by atoms with E-state index < -0.39 is 16.0 Å². The maximum atomic E-state index is 12.1. The molecule has 0 fully saturated rings. The number of ether oxygens (including phenoxy) is 1. The lowest BCUT2D eigenvalue weighted by molar-refractivity contribution is -0.147. The van der Waals surface area contributed by atoms with Gasteiger partial charge in [0.25, 0.3) is 0 Å². The zero-order chi connectivity index (χ0) is 15.3. The summed E-state index contributed by atoms with van der Waals surface area (Å²) in [5.74, 6) is -0.413. The number of esters is 1. The molecule has 0 aliphatic carbocycles. The second-order valence-electron chi connectivity index (χ2n) is 4.96. The van der Waals surface area contributed by atoms with Crippen molar-refractivity contribution in [2.45, 2.75) is 45.1 Å². The fourth-order valence-electron chi connectivity index (χ4n) is 1.68. The van der Waals surface area contributed by atoms with E-state index in [9.17, 15) is 13.2 Å². The third kappa shape index (κ3) is 4.94. The van der Waals surface area contributed by atoms with E-state index in [1.54, 1.807) is 32.9 Å². The molecule has 0 saturated heterocycles. The highest BCUT2D eigenvalue weighted by molar-refractivity contribution is 7.89. The maximum absolute atomic E-state index is 12.1. The van der Waals surface area contributed by atoms with Gasteiger partial charge >= 0.3 is 5.97 Å². The van der Waals surface area contributed by atoms with Crippen molar-refractivity contribution < 1.29 is 17.9 Å². The molecule has 0 bridgehead atoms. The van der Waals surface area contributed by atoms with Crippen LogP contribution < -0.4 is 4.72 Å². The average Bonchev–Trinajstić information content (AvgIpc) is 2.30. The van der Waals surface area contributed by atoms with Gasteiger partial charge in [0.05, 0.1) is 17.4 Å². The number of sulfonamides is 1. The second-order valence-corrected chi connectivity index (χ2v) is 6.69. The van der Waals surface area contributed by atoms with Gasteiger partial charge in [-0.3, -0.25) is 4.79 Å². The summed E-state index contributed by atoms with van der Waals surface area (Å²) in [6.07, 6.45) is -0.180. The lowest BCUT2D eigenvalue weighted by Gasteiger charge is -2.11. The summed E-state index contributed by atoms with van der Waals surface area (Å²) in [6, 6.07) is 5.23. The Kier molecular flexibility index (Phi) is 5.71. The molecule has 0 saturated carbocycles. The van der Waals surface area contributed by atoms with E-state index in [1.165, 1.54) is 0 Å². The topological polar surface area (TPSA) is 72.5 Å². The van der Waals surface area contributed by atoms with E-state index in [4.69, 9.17) is 4.74 Å². The summed E-state index contributed by atoms with van der Waals surface area (Å²) in [5.41, 5.74) is 1.54. The van der Waals surface area contributed by atoms with Crippen molar-refractivity contribution in [3.8, 4) is 0 Å². The summed E-state index contributed by atoms with van der Waals surface area (Å²) >= 11 is 0. The van der Waals surface area contributed by atoms with Crippen molar-refractivity contribution in [2.24, 2.45) is 0 Å². The number of carbonyl (C=O) groups excluding carboxylic acids is 1. The van der Waals surface area contributed by atoms with Crippen LogP contribution in [0.25, 0.3) is 0 Å². The van der Waals surface area contributed by atoms with E-state index in [-0.39, 0.29) is 24.0 Å². The molecule has 0 heterocycles. The summed E-state index contributed by atoms with van der Waals surface area (Å²) in [6.45, 7) is 7.09. The molecule has 0 aliphatic heterocycles. The number of hydrogen-bond acceptors (Lipinski definition) is 4. The first-order chi connectivity index (χ1) is 9.22. The van der Waals surface area contributed by atoms with Crippen molar-refractivity contribution in [3.05, 3.63) is 29.3 Å². The van der Waals surface area contributed by atoms with E-state index in [2.05, 4.69) is 4.72 Å². The summed E-state index contributed by atoms with van der Waals surface area (Å²) in [5, 5.41) is 0. The molecule has 0 spiro atoms. The van der Waals surface area contributed by atoms with E-state index in [0.717, 1.165) is 5.56 Å². The quantitative estimate of drug-likeness (QED) is 0.815. The van der Waals surface area contributed by atoms with Crippen LogP contribution in [0, 0.1) is 13.8 Å². The summed E-state index contributed by atoms with van der Waals surface area (Å²) in [4.78, 5) is 11.6. The maximum Gasteiger partial charge on any atom is 0.307 e. The van der Waals surface area contributed by atoms with Crippen LogP contribution in [0.15, 0.2) is 23.1 Å². The van der Waals surface area contributed by atoms with Gasteiger partial charge < -0.3 is 4.74 Å². The molecule has 1 aromatic rings. The first kappa shape index (κ1) is 16.7. The normalized spacial score (nSPS) is 11.7. The first-order valence-electron chi connectivity index (χ1n) is 6.49. The number of benzene rings is 1. The van der Waals surface area contributed by atoms with Crippen molar-refractivity contribution in [1.82, 2.24) is 4.72 Å². The van der Waals surface area contributed by atoms with Gasteiger partial charge in [0, 0.05) is 6.54 Å². The van der Waals surface area contributed by atoms with Gasteiger partial charge in [-0.1, -0.05) is 12.1 Å². The number of hydrogen-bond donors (Lipinski definition) is 1. The molecule has 1 aromatic carbocycles. The van der Waals surface area contributed by atoms with Crippen molar-refractivity contribution in [2.75, 3.05) is 6.54 Å². The zero-order valence-electron chi connectivity index (χ0n) is 12.3. The highest BCUT2D eigenvalue weighted by atomic mass is 32.2. The summed E-state index contributed by atoms with van der Waals surface area (Å²) in [7, 11) is -3.60. The minimum Gasteiger partial charge on any atom is -0.463 e. The van der Waals surface area contributed by atoms with Gasteiger partial charge in [0.15, 0.2) is 0 Å². The van der Waals surface area contributed by atoms with Crippen molar-refractivity contribution in [1.29, 1.82) is 0 Å². The average molecular weight is 299 g/mol. The van der Waals surface area contributed by atoms with Gasteiger partial charge in [-0.2, -0.15) is 0 Å². The van der Waals surface area contributed by atoms with Gasteiger partial charge in [-0.05, 0) is 44.9 Å². The molecule has 0 aromatic heterocycles. The Bertz CT molecular complexity index is 579. The molecule has 6 heteroatoms. The van der Waals surface area contributed by atoms with Crippen molar-refractivity contribution in [3.63, 3.8) is 0 Å². The van der Waals surface area contributed by atoms with Crippen LogP contribution in [0.1, 0.15) is 31.4 Å². The van der Waals surface area contributed by atoms with Crippen LogP contribution in [0.3, 0.4) is 0 Å². The Hall–Kier alpha value is -1.40. The van der Waals surface area contributed by atoms with Gasteiger partial charge in [-0.15, -0.1) is 0 Å². The van der Waals surface area contributed by atoms with E-state index >= 15 is 0 Å². The Morgan fingerprint density at radius 1 is 1.30 bits per heavy atom. The standard InChI is InChI=1S/C14H21NO4S/c1-10(2)19-14(16)7-8-15-20(17,18)13-9-11(3)5-6-12(13)4/h5-6,9-10,15H,7-8H2,1-4H3. The number of nitrogens with one attached hydrogen (secondary N) is 1. The molecule has 20 heavy (non-hydrogen) atoms. The monoisotopic (exact) mass is 299 g/mol. The molecule has 0 radical (unpaired) electrons. The summed E-state index contributed by atoms with van der Waals surface area (Å²) < 4.78 is 31.7. The van der Waals surface area contributed by atoms with Crippen molar-refractivity contribution >= 4 is 16.0 Å². The third-order valence-electron chi connectivity index (χ3n) is 2.62. The molecule has 0 unspecified atom stereocenters. The lowest BCUT2D eigenvalue weighted by atomic mass is 10.2. The Balaban J connectivity index is 2.67. The van der Waals surface area contributed by atoms with Crippen LogP contribution >= 0.6 is 0 Å². The van der Waals surface area contributed by atoms with Gasteiger partial charge in [0.1, 0.15) is 0 Å². The van der Waals surface area contributed by atoms with Crippen LogP contribution in [0.4, 0.5) is 0 Å². The van der Waals surface area contributed by atoms with Crippen LogP contribution in [0.2, 0.25) is 0 Å². The molecule has 0 aliphatic rings. The number of rotatable bonds is 6. The minimum absolute atomic E-state index is 0.0161. The molecule has 0 amide bonds. The lowest BCUT2D eigenvalue weighted by Crippen LogP contribution is -2.28. The zero-order valence-corrected chi connectivity index (χ0v) is 13.1. The molecule has 1 N–H and O–H groups in total. The Morgan fingerprint density at radius 3 is 2.55 bits per heavy atom. The largest absolute Gasteiger partial charge is 0.463 e. The first-order valence-corrected chi connectivity index (χ1v) is 7.97. The van der Waals surface area contributed by atoms with E-state index in [1.807, 2.05) is 13.0 Å². The third-order valence-corrected chi connectivity index (χ3v) is 4.22. The van der Waals surface area contributed by atoms with Gasteiger partial charge in [-0.25, -0.2) is 13.1 Å². The highest BCUT2D eigenvalue weighted by Gasteiger charge is 2.17. The fraction of sp³-hybridized carbons (Fsp3) is 0.500. The molecule has 112 valence electrons. The predicted octanol–water partition coefficient (Wildman–Crippen LogP) is 1.92. The smallest absolute Gasteiger partial charge is 0.307 e. The molecular weight excluding hydrogens is 278 g/mol. The SMILES string of the molecule is Cc1ccc(C)c(S(=O)(=O)NCCC(=O)OC(C)C)c1. The Morgan fingerprint density at radius 2 is 1.95 bits per heavy atom. The van der Waals surface area contributed by atoms with Crippen LogP contribution in [-0.4, -0.2) is 27.0 Å². The molecule has 1 rings (SSSR count). The van der Waals surface area contributed by atoms with Crippen LogP contribution in [0.5, 0.6) is 0 Å².